The van der Waals surface area contributed by atoms with Gasteiger partial charge < -0.3 is 20.1 Å². The number of carbonyl (C=O) groups is 1. The molecule has 0 unspecified atom stereocenters. The quantitative estimate of drug-likeness (QED) is 0.130. The highest BCUT2D eigenvalue weighted by molar-refractivity contribution is 7.22. The molecule has 1 atom stereocenters. The minimum Gasteiger partial charge on any atom is -0.487 e. The van der Waals surface area contributed by atoms with Crippen molar-refractivity contribution in [1.82, 2.24) is 25.1 Å². The second kappa shape index (κ2) is 12.6. The van der Waals surface area contributed by atoms with Gasteiger partial charge in [-0.1, -0.05) is 23.7 Å². The molecule has 15 heteroatoms. The molecule has 234 valence electrons. The maximum atomic E-state index is 13.5. The molecule has 0 aliphatic heterocycles. The van der Waals surface area contributed by atoms with Crippen LogP contribution in [0.1, 0.15) is 16.8 Å². The Morgan fingerprint density at radius 3 is 2.78 bits per heavy atom. The molecule has 3 heterocycles. The summed E-state index contributed by atoms with van der Waals surface area (Å²) in [7, 11) is 1.56. The third kappa shape index (κ3) is 6.58. The van der Waals surface area contributed by atoms with Crippen LogP contribution in [0.2, 0.25) is 5.02 Å². The van der Waals surface area contributed by atoms with Crippen molar-refractivity contribution in [3.63, 3.8) is 0 Å². The number of esters is 1. The predicted molar refractivity (Wildman–Crippen MR) is 161 cm³/mol. The molecule has 6 rings (SSSR count). The first-order valence-corrected chi connectivity index (χ1v) is 15.0. The molecule has 1 aliphatic rings. The number of benzene rings is 2. The van der Waals surface area contributed by atoms with Gasteiger partial charge in [0.15, 0.2) is 0 Å². The van der Waals surface area contributed by atoms with E-state index >= 15 is 0 Å². The Balaban J connectivity index is 1.22. The largest absolute Gasteiger partial charge is 0.490 e. The SMILES string of the molecule is CNC[C@H](Cn1ncc2c1CCc1c-2sc2ncnc(Nc3ccc(OCc4cccc(F)c4)c(Cl)c3)c12)OC(=O)C(F)(F)F. The van der Waals surface area contributed by atoms with Crippen LogP contribution >= 0.6 is 22.9 Å². The summed E-state index contributed by atoms with van der Waals surface area (Å²) in [5.41, 5.74) is 4.06. The van der Waals surface area contributed by atoms with Gasteiger partial charge in [-0.05, 0) is 61.3 Å². The van der Waals surface area contributed by atoms with E-state index in [2.05, 4.69) is 25.7 Å². The van der Waals surface area contributed by atoms with Crippen LogP contribution < -0.4 is 15.4 Å². The lowest BCUT2D eigenvalue weighted by atomic mass is 9.95. The van der Waals surface area contributed by atoms with Crippen molar-refractivity contribution in [1.29, 1.82) is 0 Å². The number of likely N-dealkylation sites (N-methyl/N-ethyl adjacent to an activating group) is 1. The van der Waals surface area contributed by atoms with Gasteiger partial charge >= 0.3 is 12.1 Å². The molecule has 0 bridgehead atoms. The van der Waals surface area contributed by atoms with Gasteiger partial charge in [-0.15, -0.1) is 11.3 Å². The molecule has 5 aromatic rings. The van der Waals surface area contributed by atoms with Gasteiger partial charge in [0.25, 0.3) is 0 Å². The van der Waals surface area contributed by atoms with Gasteiger partial charge in [-0.25, -0.2) is 19.2 Å². The molecular formula is C30H25ClF4N6O3S. The highest BCUT2D eigenvalue weighted by Crippen LogP contribution is 2.45. The Bertz CT molecular complexity index is 1880. The standard InChI is InChI=1S/C30H25ClF4N6O3S/c1-36-11-19(44-29(42)30(33,34)35)13-41-23-7-6-20-25-27(37-15-38-28(25)45-26(20)21(23)12-39-41)40-18-5-8-24(22(31)10-18)43-14-16-3-2-4-17(32)9-16/h2-5,8-10,12,15,19,36H,6-7,11,13-14H2,1H3,(H,37,38,40)/t19-/m1/s1. The number of halogens is 5. The highest BCUT2D eigenvalue weighted by Gasteiger charge is 2.42. The number of rotatable bonds is 10. The van der Waals surface area contributed by atoms with E-state index in [4.69, 9.17) is 21.1 Å². The molecule has 1 aliphatic carbocycles. The molecule has 2 aromatic carbocycles. The van der Waals surface area contributed by atoms with E-state index < -0.39 is 18.2 Å². The number of ether oxygens (including phenoxy) is 2. The Morgan fingerprint density at radius 2 is 2.02 bits per heavy atom. The lowest BCUT2D eigenvalue weighted by Gasteiger charge is -2.21. The molecule has 9 nitrogen and oxygen atoms in total. The van der Waals surface area contributed by atoms with Gasteiger partial charge in [0.05, 0.1) is 23.2 Å². The average Bonchev–Trinajstić information content (AvgIpc) is 3.58. The van der Waals surface area contributed by atoms with E-state index in [1.807, 2.05) is 0 Å². The maximum Gasteiger partial charge on any atom is 0.490 e. The zero-order valence-corrected chi connectivity index (χ0v) is 25.2. The number of alkyl halides is 3. The van der Waals surface area contributed by atoms with Crippen LogP contribution in [0.15, 0.2) is 55.0 Å². The molecule has 0 amide bonds. The summed E-state index contributed by atoms with van der Waals surface area (Å²) in [5, 5.41) is 11.7. The van der Waals surface area contributed by atoms with Gasteiger partial charge in [-0.2, -0.15) is 18.3 Å². The van der Waals surface area contributed by atoms with Crippen molar-refractivity contribution >= 4 is 50.6 Å². The van der Waals surface area contributed by atoms with E-state index in [-0.39, 0.29) is 25.5 Å². The molecule has 0 fully saturated rings. The number of hydrogen-bond acceptors (Lipinski definition) is 9. The van der Waals surface area contributed by atoms with Crippen LogP contribution in [-0.2, 0) is 35.5 Å². The number of aryl methyl sites for hydroxylation is 1. The smallest absolute Gasteiger partial charge is 0.487 e. The van der Waals surface area contributed by atoms with Crippen LogP contribution in [0, 0.1) is 5.82 Å². The second-order valence-corrected chi connectivity index (χ2v) is 11.7. The number of hydrogen-bond donors (Lipinski definition) is 2. The first kappa shape index (κ1) is 30.7. The molecule has 0 radical (unpaired) electrons. The number of nitrogens with zero attached hydrogens (tertiary/aromatic N) is 4. The lowest BCUT2D eigenvalue weighted by molar-refractivity contribution is -0.205. The van der Waals surface area contributed by atoms with Gasteiger partial charge in [0.2, 0.25) is 0 Å². The van der Waals surface area contributed by atoms with Crippen molar-refractivity contribution in [3.05, 3.63) is 82.6 Å². The van der Waals surface area contributed by atoms with Crippen LogP contribution in [0.4, 0.5) is 29.1 Å². The van der Waals surface area contributed by atoms with E-state index in [0.29, 0.717) is 40.7 Å². The first-order valence-electron chi connectivity index (χ1n) is 13.8. The van der Waals surface area contributed by atoms with Gasteiger partial charge in [0.1, 0.15) is 41.3 Å². The van der Waals surface area contributed by atoms with Crippen molar-refractivity contribution in [2.45, 2.75) is 38.3 Å². The molecule has 45 heavy (non-hydrogen) atoms. The van der Waals surface area contributed by atoms with Crippen molar-refractivity contribution < 1.29 is 31.8 Å². The fraction of sp³-hybridized carbons (Fsp3) is 0.267. The fourth-order valence-corrected chi connectivity index (χ4v) is 6.67. The van der Waals surface area contributed by atoms with E-state index in [0.717, 1.165) is 31.9 Å². The Morgan fingerprint density at radius 1 is 1.18 bits per heavy atom. The zero-order chi connectivity index (χ0) is 31.7. The zero-order valence-electron chi connectivity index (χ0n) is 23.6. The highest BCUT2D eigenvalue weighted by atomic mass is 35.5. The summed E-state index contributed by atoms with van der Waals surface area (Å²) in [6, 6.07) is 11.4. The Kier molecular flexibility index (Phi) is 8.62. The van der Waals surface area contributed by atoms with E-state index in [1.54, 1.807) is 48.3 Å². The molecule has 0 spiro atoms. The van der Waals surface area contributed by atoms with Crippen LogP contribution in [0.3, 0.4) is 0 Å². The van der Waals surface area contributed by atoms with E-state index in [1.165, 1.54) is 29.8 Å². The summed E-state index contributed by atoms with van der Waals surface area (Å²) in [5.74, 6) is -1.54. The number of anilines is 2. The third-order valence-corrected chi connectivity index (χ3v) is 8.65. The normalized spacial score (nSPS) is 13.3. The van der Waals surface area contributed by atoms with Crippen molar-refractivity contribution in [2.75, 3.05) is 18.9 Å². The van der Waals surface area contributed by atoms with Crippen molar-refractivity contribution in [2.24, 2.45) is 0 Å². The van der Waals surface area contributed by atoms with Crippen LogP contribution in [-0.4, -0.2) is 51.6 Å². The van der Waals surface area contributed by atoms with E-state index in [9.17, 15) is 22.4 Å². The third-order valence-electron chi connectivity index (χ3n) is 7.18. The minimum atomic E-state index is -5.08. The Hall–Kier alpha value is -4.27. The number of thiophene rings is 1. The van der Waals surface area contributed by atoms with Gasteiger partial charge in [-0.3, -0.25) is 4.68 Å². The predicted octanol–water partition coefficient (Wildman–Crippen LogP) is 6.46. The summed E-state index contributed by atoms with van der Waals surface area (Å²) in [4.78, 5) is 22.1. The average molecular weight is 661 g/mol. The molecule has 2 N–H and O–H groups in total. The number of nitrogens with one attached hydrogen (secondary N) is 2. The van der Waals surface area contributed by atoms with Crippen molar-refractivity contribution in [3.8, 4) is 16.2 Å². The minimum absolute atomic E-state index is 0.0271. The Labute approximate surface area is 263 Å². The topological polar surface area (TPSA) is 103 Å². The fourth-order valence-electron chi connectivity index (χ4n) is 5.21. The molecule has 3 aromatic heterocycles. The summed E-state index contributed by atoms with van der Waals surface area (Å²) >= 11 is 7.97. The lowest BCUT2D eigenvalue weighted by Crippen LogP contribution is -2.38. The summed E-state index contributed by atoms with van der Waals surface area (Å²) < 4.78 is 64.1. The maximum absolute atomic E-state index is 13.5. The summed E-state index contributed by atoms with van der Waals surface area (Å²) in [6.45, 7) is 0.151. The summed E-state index contributed by atoms with van der Waals surface area (Å²) in [6.07, 6.45) is -1.84. The van der Waals surface area contributed by atoms with Crippen LogP contribution in [0.5, 0.6) is 5.75 Å². The first-order chi connectivity index (χ1) is 21.6. The number of fused-ring (bicyclic) bond motifs is 5. The van der Waals surface area contributed by atoms with Crippen LogP contribution in [0.25, 0.3) is 20.7 Å². The molecule has 0 saturated heterocycles. The molecular weight excluding hydrogens is 636 g/mol. The number of carbonyl (C=O) groups excluding carboxylic acids is 1. The number of aromatic nitrogens is 4. The second-order valence-electron chi connectivity index (χ2n) is 10.3. The van der Waals surface area contributed by atoms with Gasteiger partial charge in [0, 0.05) is 28.4 Å². The molecule has 0 saturated carbocycles. The monoisotopic (exact) mass is 660 g/mol.